The molecule has 1 N–H and O–H groups in total. The number of amides is 2. The Morgan fingerprint density at radius 1 is 1.17 bits per heavy atom. The van der Waals surface area contributed by atoms with Crippen molar-refractivity contribution < 1.29 is 23.1 Å². The normalized spacial score (nSPS) is 27.8. The topological polar surface area (TPSA) is 58.6 Å². The summed E-state index contributed by atoms with van der Waals surface area (Å²) in [6.45, 7) is 3.25. The van der Waals surface area contributed by atoms with Crippen LogP contribution in [0.4, 0.5) is 8.78 Å². The summed E-state index contributed by atoms with van der Waals surface area (Å²) in [7, 11) is 1.57. The second-order valence-corrected chi connectivity index (χ2v) is 7.03. The molecule has 1 aliphatic heterocycles. The number of alkyl halides is 2. The van der Waals surface area contributed by atoms with E-state index < -0.39 is 5.92 Å². The zero-order chi connectivity index (χ0) is 17.7. The molecule has 0 spiro atoms. The fourth-order valence-electron chi connectivity index (χ4n) is 3.57. The lowest BCUT2D eigenvalue weighted by atomic mass is 9.84. The number of rotatable bonds is 5. The van der Waals surface area contributed by atoms with Crippen molar-refractivity contribution in [2.75, 3.05) is 26.8 Å². The van der Waals surface area contributed by atoms with Crippen molar-refractivity contribution in [1.82, 2.24) is 10.2 Å². The molecule has 138 valence electrons. The predicted molar refractivity (Wildman–Crippen MR) is 85.7 cm³/mol. The average molecular weight is 346 g/mol. The van der Waals surface area contributed by atoms with Crippen molar-refractivity contribution >= 4 is 11.8 Å². The molecule has 0 radical (unpaired) electrons. The van der Waals surface area contributed by atoms with Crippen LogP contribution in [0.15, 0.2) is 0 Å². The van der Waals surface area contributed by atoms with Gasteiger partial charge < -0.3 is 15.0 Å². The van der Waals surface area contributed by atoms with Crippen LogP contribution in [0.2, 0.25) is 0 Å². The fraction of sp³-hybridized carbons (Fsp3) is 0.882. The SMILES string of the molecule is COCCNC(=O)[C@@H]1CC[C@H](C)N(C(=O)C2CCC(F)(F)CC2)C1. The molecule has 2 fully saturated rings. The van der Waals surface area contributed by atoms with Gasteiger partial charge in [-0.15, -0.1) is 0 Å². The van der Waals surface area contributed by atoms with Gasteiger partial charge in [0, 0.05) is 45.0 Å². The molecule has 2 amide bonds. The molecule has 0 unspecified atom stereocenters. The molecule has 1 saturated heterocycles. The van der Waals surface area contributed by atoms with Crippen molar-refractivity contribution in [1.29, 1.82) is 0 Å². The van der Waals surface area contributed by atoms with E-state index in [4.69, 9.17) is 4.74 Å². The Morgan fingerprint density at radius 2 is 1.83 bits per heavy atom. The van der Waals surface area contributed by atoms with Crippen molar-refractivity contribution in [3.8, 4) is 0 Å². The number of carbonyl (C=O) groups excluding carboxylic acids is 2. The van der Waals surface area contributed by atoms with Gasteiger partial charge in [-0.3, -0.25) is 9.59 Å². The van der Waals surface area contributed by atoms with Crippen molar-refractivity contribution in [3.05, 3.63) is 0 Å². The van der Waals surface area contributed by atoms with E-state index in [9.17, 15) is 18.4 Å². The van der Waals surface area contributed by atoms with Gasteiger partial charge in [-0.25, -0.2) is 8.78 Å². The van der Waals surface area contributed by atoms with Crippen LogP contribution >= 0.6 is 0 Å². The Balaban J connectivity index is 1.90. The zero-order valence-electron chi connectivity index (χ0n) is 14.5. The van der Waals surface area contributed by atoms with Crippen molar-refractivity contribution in [2.45, 2.75) is 57.4 Å². The Bertz CT molecular complexity index is 449. The summed E-state index contributed by atoms with van der Waals surface area (Å²) in [5.41, 5.74) is 0. The summed E-state index contributed by atoms with van der Waals surface area (Å²) in [6, 6.07) is 0.0583. The van der Waals surface area contributed by atoms with E-state index >= 15 is 0 Å². The lowest BCUT2D eigenvalue weighted by Gasteiger charge is -2.40. The van der Waals surface area contributed by atoms with Gasteiger partial charge in [0.2, 0.25) is 17.7 Å². The third-order valence-corrected chi connectivity index (χ3v) is 5.21. The molecule has 1 saturated carbocycles. The van der Waals surface area contributed by atoms with Gasteiger partial charge in [0.25, 0.3) is 0 Å². The number of hydrogen-bond acceptors (Lipinski definition) is 3. The van der Waals surface area contributed by atoms with Crippen molar-refractivity contribution in [3.63, 3.8) is 0 Å². The van der Waals surface area contributed by atoms with Crippen molar-refractivity contribution in [2.24, 2.45) is 11.8 Å². The molecule has 1 heterocycles. The fourth-order valence-corrected chi connectivity index (χ4v) is 3.57. The van der Waals surface area contributed by atoms with Crippen LogP contribution < -0.4 is 5.32 Å². The average Bonchev–Trinajstić information content (AvgIpc) is 2.55. The molecule has 2 rings (SSSR count). The number of likely N-dealkylation sites (tertiary alicyclic amines) is 1. The minimum Gasteiger partial charge on any atom is -0.383 e. The third-order valence-electron chi connectivity index (χ3n) is 5.21. The van der Waals surface area contributed by atoms with Gasteiger partial charge in [-0.05, 0) is 32.6 Å². The zero-order valence-corrected chi connectivity index (χ0v) is 14.5. The van der Waals surface area contributed by atoms with E-state index in [0.29, 0.717) is 19.7 Å². The molecule has 5 nitrogen and oxygen atoms in total. The first-order valence-electron chi connectivity index (χ1n) is 8.79. The quantitative estimate of drug-likeness (QED) is 0.777. The number of hydrogen-bond donors (Lipinski definition) is 1. The van der Waals surface area contributed by atoms with E-state index in [2.05, 4.69) is 5.32 Å². The Hall–Kier alpha value is -1.24. The highest BCUT2D eigenvalue weighted by Gasteiger charge is 2.41. The standard InChI is InChI=1S/C17H28F2N2O3/c1-12-3-4-14(15(22)20-9-10-24-2)11-21(12)16(23)13-5-7-17(18,19)8-6-13/h12-14H,3-11H2,1-2H3,(H,20,22)/t12-,14+/m0/s1. The minimum atomic E-state index is -2.63. The van der Waals surface area contributed by atoms with Crippen LogP contribution in [-0.2, 0) is 14.3 Å². The third kappa shape index (κ3) is 4.88. The van der Waals surface area contributed by atoms with Crippen LogP contribution in [0.25, 0.3) is 0 Å². The van der Waals surface area contributed by atoms with E-state index in [-0.39, 0.29) is 55.4 Å². The molecular weight excluding hydrogens is 318 g/mol. The van der Waals surface area contributed by atoms with Crippen LogP contribution in [0.1, 0.15) is 45.4 Å². The summed E-state index contributed by atoms with van der Waals surface area (Å²) >= 11 is 0. The summed E-state index contributed by atoms with van der Waals surface area (Å²) in [5, 5.41) is 2.82. The van der Waals surface area contributed by atoms with E-state index in [1.807, 2.05) is 6.92 Å². The highest BCUT2D eigenvalue weighted by atomic mass is 19.3. The molecular formula is C17H28F2N2O3. The summed E-state index contributed by atoms with van der Waals surface area (Å²) < 4.78 is 31.5. The lowest BCUT2D eigenvalue weighted by molar-refractivity contribution is -0.145. The first kappa shape index (κ1) is 19.1. The predicted octanol–water partition coefficient (Wildman–Crippen LogP) is 2.20. The smallest absolute Gasteiger partial charge is 0.248 e. The Kier molecular flexibility index (Phi) is 6.54. The molecule has 0 aromatic carbocycles. The molecule has 0 aromatic heterocycles. The highest BCUT2D eigenvalue weighted by molar-refractivity contribution is 5.82. The van der Waals surface area contributed by atoms with Crippen LogP contribution in [0.3, 0.4) is 0 Å². The van der Waals surface area contributed by atoms with Gasteiger partial charge >= 0.3 is 0 Å². The van der Waals surface area contributed by atoms with Gasteiger partial charge in [0.1, 0.15) is 0 Å². The minimum absolute atomic E-state index is 0.0583. The number of halogens is 2. The number of methoxy groups -OCH3 is 1. The van der Waals surface area contributed by atoms with Crippen LogP contribution in [0, 0.1) is 11.8 Å². The Labute approximate surface area is 142 Å². The molecule has 2 atom stereocenters. The van der Waals surface area contributed by atoms with E-state index in [1.165, 1.54) is 0 Å². The van der Waals surface area contributed by atoms with Gasteiger partial charge in [0.05, 0.1) is 12.5 Å². The first-order valence-corrected chi connectivity index (χ1v) is 8.79. The molecule has 24 heavy (non-hydrogen) atoms. The molecule has 0 aromatic rings. The lowest BCUT2D eigenvalue weighted by Crippen LogP contribution is -2.52. The second kappa shape index (κ2) is 8.23. The van der Waals surface area contributed by atoms with Crippen LogP contribution in [0.5, 0.6) is 0 Å². The van der Waals surface area contributed by atoms with Crippen LogP contribution in [-0.4, -0.2) is 55.5 Å². The van der Waals surface area contributed by atoms with Gasteiger partial charge in [0.15, 0.2) is 0 Å². The molecule has 1 aliphatic carbocycles. The second-order valence-electron chi connectivity index (χ2n) is 7.03. The van der Waals surface area contributed by atoms with E-state index in [1.54, 1.807) is 12.0 Å². The Morgan fingerprint density at radius 3 is 2.46 bits per heavy atom. The van der Waals surface area contributed by atoms with E-state index in [0.717, 1.165) is 12.8 Å². The number of nitrogens with zero attached hydrogens (tertiary/aromatic N) is 1. The largest absolute Gasteiger partial charge is 0.383 e. The molecule has 0 bridgehead atoms. The number of ether oxygens (including phenoxy) is 1. The number of nitrogens with one attached hydrogen (secondary N) is 1. The maximum atomic E-state index is 13.3. The monoisotopic (exact) mass is 346 g/mol. The molecule has 2 aliphatic rings. The van der Waals surface area contributed by atoms with Gasteiger partial charge in [-0.1, -0.05) is 0 Å². The first-order chi connectivity index (χ1) is 11.3. The van der Waals surface area contributed by atoms with Gasteiger partial charge in [-0.2, -0.15) is 0 Å². The number of carbonyl (C=O) groups is 2. The molecule has 7 heteroatoms. The maximum Gasteiger partial charge on any atom is 0.248 e. The summed E-state index contributed by atoms with van der Waals surface area (Å²) in [5.74, 6) is -3.32. The summed E-state index contributed by atoms with van der Waals surface area (Å²) in [4.78, 5) is 26.7. The number of piperidine rings is 1. The summed E-state index contributed by atoms with van der Waals surface area (Å²) in [6.07, 6.45) is 1.54. The maximum absolute atomic E-state index is 13.3. The highest BCUT2D eigenvalue weighted by Crippen LogP contribution is 2.37.